The highest BCUT2D eigenvalue weighted by molar-refractivity contribution is 5.94. The average Bonchev–Trinajstić information content (AvgIpc) is 2.38. The van der Waals surface area contributed by atoms with Crippen LogP contribution in [0.15, 0.2) is 24.3 Å². The first-order chi connectivity index (χ1) is 8.93. The van der Waals surface area contributed by atoms with Crippen molar-refractivity contribution in [3.05, 3.63) is 29.8 Å². The van der Waals surface area contributed by atoms with E-state index < -0.39 is 0 Å². The number of anilines is 1. The number of rotatable bonds is 5. The Balaban J connectivity index is 2.60. The van der Waals surface area contributed by atoms with Gasteiger partial charge < -0.3 is 15.0 Å². The van der Waals surface area contributed by atoms with Gasteiger partial charge >= 0.3 is 5.97 Å². The van der Waals surface area contributed by atoms with Gasteiger partial charge in [0.1, 0.15) is 0 Å². The second kappa shape index (κ2) is 6.78. The minimum atomic E-state index is -0.337. The molecule has 1 aromatic carbocycles. The number of benzene rings is 1. The van der Waals surface area contributed by atoms with Gasteiger partial charge in [0.05, 0.1) is 13.5 Å². The Kier molecular flexibility index (Phi) is 5.36. The summed E-state index contributed by atoms with van der Waals surface area (Å²) < 4.78 is 4.55. The number of ether oxygens (including phenoxy) is 1. The van der Waals surface area contributed by atoms with Crippen LogP contribution in [0.25, 0.3) is 0 Å². The number of amides is 1. The van der Waals surface area contributed by atoms with Crippen molar-refractivity contribution in [1.29, 1.82) is 0 Å². The lowest BCUT2D eigenvalue weighted by molar-refractivity contribution is -0.141. The summed E-state index contributed by atoms with van der Waals surface area (Å²) in [6.45, 7) is 1.77. The molecule has 1 N–H and O–H groups in total. The molecule has 0 aromatic heterocycles. The number of hydrogen-bond acceptors (Lipinski definition) is 4. The summed E-state index contributed by atoms with van der Waals surface area (Å²) in [5.41, 5.74) is 1.60. The Bertz CT molecular complexity index is 441. The lowest BCUT2D eigenvalue weighted by atomic mass is 10.1. The van der Waals surface area contributed by atoms with E-state index in [1.807, 2.05) is 31.1 Å². The summed E-state index contributed by atoms with van der Waals surface area (Å²) in [4.78, 5) is 25.0. The monoisotopic (exact) mass is 264 g/mol. The zero-order valence-corrected chi connectivity index (χ0v) is 11.8. The van der Waals surface area contributed by atoms with Gasteiger partial charge in [-0.1, -0.05) is 0 Å². The van der Waals surface area contributed by atoms with Crippen LogP contribution in [0.4, 0.5) is 5.69 Å². The molecule has 0 radical (unpaired) electrons. The van der Waals surface area contributed by atoms with Crippen molar-refractivity contribution in [3.63, 3.8) is 0 Å². The molecule has 1 unspecified atom stereocenters. The lowest BCUT2D eigenvalue weighted by Crippen LogP contribution is -2.34. The van der Waals surface area contributed by atoms with Crippen molar-refractivity contribution in [2.45, 2.75) is 19.4 Å². The molecule has 1 aromatic rings. The van der Waals surface area contributed by atoms with Crippen LogP contribution in [0.2, 0.25) is 0 Å². The van der Waals surface area contributed by atoms with Crippen LogP contribution in [0, 0.1) is 0 Å². The number of esters is 1. The van der Waals surface area contributed by atoms with Crippen LogP contribution in [0.1, 0.15) is 23.7 Å². The number of carbonyl (C=O) groups excluding carboxylic acids is 2. The van der Waals surface area contributed by atoms with E-state index in [9.17, 15) is 9.59 Å². The van der Waals surface area contributed by atoms with E-state index in [0.717, 1.165) is 5.69 Å². The number of nitrogens with zero attached hydrogens (tertiary/aromatic N) is 1. The van der Waals surface area contributed by atoms with Gasteiger partial charge in [0, 0.05) is 31.4 Å². The van der Waals surface area contributed by atoms with Crippen LogP contribution in [0.5, 0.6) is 0 Å². The van der Waals surface area contributed by atoms with Crippen molar-refractivity contribution in [2.75, 3.05) is 26.1 Å². The minimum absolute atomic E-state index is 0.165. The van der Waals surface area contributed by atoms with Crippen molar-refractivity contribution in [2.24, 2.45) is 0 Å². The van der Waals surface area contributed by atoms with Gasteiger partial charge in [-0.05, 0) is 31.2 Å². The Hall–Kier alpha value is -2.04. The van der Waals surface area contributed by atoms with Crippen LogP contribution in [-0.2, 0) is 9.53 Å². The predicted molar refractivity (Wildman–Crippen MR) is 74.3 cm³/mol. The first kappa shape index (κ1) is 15.0. The fourth-order valence-electron chi connectivity index (χ4n) is 1.60. The highest BCUT2D eigenvalue weighted by atomic mass is 16.5. The second-order valence-corrected chi connectivity index (χ2v) is 4.60. The summed E-state index contributed by atoms with van der Waals surface area (Å²) in [5, 5.41) is 2.76. The molecule has 19 heavy (non-hydrogen) atoms. The first-order valence-electron chi connectivity index (χ1n) is 6.09. The van der Waals surface area contributed by atoms with Gasteiger partial charge in [-0.25, -0.2) is 0 Å². The molecule has 0 aliphatic rings. The summed E-state index contributed by atoms with van der Waals surface area (Å²) in [5.74, 6) is -0.530. The Labute approximate surface area is 113 Å². The summed E-state index contributed by atoms with van der Waals surface area (Å²) in [7, 11) is 5.21. The van der Waals surface area contributed by atoms with Crippen molar-refractivity contribution >= 4 is 17.6 Å². The maximum atomic E-state index is 11.9. The third-order valence-electron chi connectivity index (χ3n) is 2.72. The SMILES string of the molecule is COC(=O)CC(C)NC(=O)c1ccc(N(C)C)cc1. The standard InChI is InChI=1S/C14H20N2O3/c1-10(9-13(17)19-4)15-14(18)11-5-7-12(8-6-11)16(2)3/h5-8,10H,9H2,1-4H3,(H,15,18). The van der Waals surface area contributed by atoms with Gasteiger partial charge in [0.15, 0.2) is 0 Å². The van der Waals surface area contributed by atoms with Crippen LogP contribution >= 0.6 is 0 Å². The van der Waals surface area contributed by atoms with E-state index in [1.54, 1.807) is 19.1 Å². The molecule has 1 rings (SSSR count). The average molecular weight is 264 g/mol. The van der Waals surface area contributed by atoms with Gasteiger partial charge in [-0.15, -0.1) is 0 Å². The summed E-state index contributed by atoms with van der Waals surface area (Å²) >= 11 is 0. The topological polar surface area (TPSA) is 58.6 Å². The van der Waals surface area contributed by atoms with Crippen molar-refractivity contribution in [1.82, 2.24) is 5.32 Å². The molecule has 0 saturated carbocycles. The molecule has 0 spiro atoms. The van der Waals surface area contributed by atoms with E-state index in [1.165, 1.54) is 7.11 Å². The number of methoxy groups -OCH3 is 1. The highest BCUT2D eigenvalue weighted by Crippen LogP contribution is 2.12. The quantitative estimate of drug-likeness (QED) is 0.817. The van der Waals surface area contributed by atoms with Gasteiger partial charge in [-0.3, -0.25) is 9.59 Å². The van der Waals surface area contributed by atoms with E-state index in [2.05, 4.69) is 10.1 Å². The first-order valence-corrected chi connectivity index (χ1v) is 6.09. The molecule has 104 valence electrons. The molecule has 5 nitrogen and oxygen atoms in total. The summed E-state index contributed by atoms with van der Waals surface area (Å²) in [6, 6.07) is 7.01. The van der Waals surface area contributed by atoms with E-state index >= 15 is 0 Å². The molecule has 0 bridgehead atoms. The third-order valence-corrected chi connectivity index (χ3v) is 2.72. The molecular weight excluding hydrogens is 244 g/mol. The normalized spacial score (nSPS) is 11.6. The molecule has 0 aliphatic heterocycles. The molecule has 0 fully saturated rings. The predicted octanol–water partition coefficient (Wildman–Crippen LogP) is 1.43. The van der Waals surface area contributed by atoms with Gasteiger partial charge in [0.2, 0.25) is 0 Å². The van der Waals surface area contributed by atoms with Crippen LogP contribution in [-0.4, -0.2) is 39.1 Å². The molecule has 1 atom stereocenters. The van der Waals surface area contributed by atoms with Crippen molar-refractivity contribution < 1.29 is 14.3 Å². The molecular formula is C14H20N2O3. The second-order valence-electron chi connectivity index (χ2n) is 4.60. The fourth-order valence-corrected chi connectivity index (χ4v) is 1.60. The van der Waals surface area contributed by atoms with Gasteiger partial charge in [-0.2, -0.15) is 0 Å². The lowest BCUT2D eigenvalue weighted by Gasteiger charge is -2.14. The largest absolute Gasteiger partial charge is 0.469 e. The van der Waals surface area contributed by atoms with E-state index in [-0.39, 0.29) is 24.3 Å². The molecule has 0 heterocycles. The van der Waals surface area contributed by atoms with E-state index in [0.29, 0.717) is 5.56 Å². The van der Waals surface area contributed by atoms with E-state index in [4.69, 9.17) is 0 Å². The third kappa shape index (κ3) is 4.62. The number of carbonyl (C=O) groups is 2. The van der Waals surface area contributed by atoms with Crippen molar-refractivity contribution in [3.8, 4) is 0 Å². The molecule has 1 amide bonds. The smallest absolute Gasteiger partial charge is 0.307 e. The molecule has 5 heteroatoms. The van der Waals surface area contributed by atoms with Gasteiger partial charge in [0.25, 0.3) is 5.91 Å². The highest BCUT2D eigenvalue weighted by Gasteiger charge is 2.13. The minimum Gasteiger partial charge on any atom is -0.469 e. The Morgan fingerprint density at radius 3 is 2.32 bits per heavy atom. The Morgan fingerprint density at radius 2 is 1.84 bits per heavy atom. The maximum absolute atomic E-state index is 11.9. The Morgan fingerprint density at radius 1 is 1.26 bits per heavy atom. The fraction of sp³-hybridized carbons (Fsp3) is 0.429. The van der Waals surface area contributed by atoms with Crippen LogP contribution in [0.3, 0.4) is 0 Å². The zero-order chi connectivity index (χ0) is 14.4. The molecule has 0 aliphatic carbocycles. The molecule has 0 saturated heterocycles. The summed E-state index contributed by atoms with van der Waals surface area (Å²) in [6.07, 6.45) is 0.165. The van der Waals surface area contributed by atoms with Crippen LogP contribution < -0.4 is 10.2 Å². The maximum Gasteiger partial charge on any atom is 0.307 e. The number of hydrogen-bond donors (Lipinski definition) is 1. The number of nitrogens with one attached hydrogen (secondary N) is 1. The zero-order valence-electron chi connectivity index (χ0n) is 11.8.